The van der Waals surface area contributed by atoms with Gasteiger partial charge in [-0.2, -0.15) is 0 Å². The summed E-state index contributed by atoms with van der Waals surface area (Å²) in [5.74, 6) is -0.536. The second-order valence-electron chi connectivity index (χ2n) is 5.12. The summed E-state index contributed by atoms with van der Waals surface area (Å²) >= 11 is 11.9. The number of benzene rings is 2. The summed E-state index contributed by atoms with van der Waals surface area (Å²) in [4.78, 5) is 23.5. The van der Waals surface area contributed by atoms with Crippen molar-refractivity contribution in [3.8, 4) is 0 Å². The molecular formula is C18H18Cl2N2O3. The summed E-state index contributed by atoms with van der Waals surface area (Å²) in [6.07, 6.45) is 0.252. The zero-order valence-corrected chi connectivity index (χ0v) is 15.2. The van der Waals surface area contributed by atoms with Crippen LogP contribution < -0.4 is 10.6 Å². The van der Waals surface area contributed by atoms with E-state index in [1.807, 2.05) is 0 Å². The van der Waals surface area contributed by atoms with Crippen LogP contribution in [-0.4, -0.2) is 25.0 Å². The molecule has 0 unspecified atom stereocenters. The van der Waals surface area contributed by atoms with E-state index in [1.165, 1.54) is 0 Å². The molecule has 1 amide bonds. The molecule has 0 aromatic heterocycles. The van der Waals surface area contributed by atoms with E-state index in [0.29, 0.717) is 34.4 Å². The number of rotatable bonds is 7. The lowest BCUT2D eigenvalue weighted by molar-refractivity contribution is -0.115. The first kappa shape index (κ1) is 19.1. The Morgan fingerprint density at radius 3 is 2.48 bits per heavy atom. The minimum Gasteiger partial charge on any atom is -0.462 e. The third-order valence-corrected chi connectivity index (χ3v) is 4.12. The van der Waals surface area contributed by atoms with Crippen molar-refractivity contribution in [3.63, 3.8) is 0 Å². The fourth-order valence-electron chi connectivity index (χ4n) is 2.07. The van der Waals surface area contributed by atoms with E-state index in [2.05, 4.69) is 10.6 Å². The number of anilines is 2. The fourth-order valence-corrected chi connectivity index (χ4v) is 2.42. The van der Waals surface area contributed by atoms with Gasteiger partial charge in [-0.3, -0.25) is 4.79 Å². The highest BCUT2D eigenvalue weighted by molar-refractivity contribution is 6.43. The lowest BCUT2D eigenvalue weighted by Crippen LogP contribution is -2.16. The van der Waals surface area contributed by atoms with Gasteiger partial charge in [-0.1, -0.05) is 29.3 Å². The van der Waals surface area contributed by atoms with Crippen molar-refractivity contribution in [2.75, 3.05) is 23.8 Å². The maximum absolute atomic E-state index is 12.0. The van der Waals surface area contributed by atoms with Crippen molar-refractivity contribution in [1.82, 2.24) is 0 Å². The smallest absolute Gasteiger partial charge is 0.338 e. The SMILES string of the molecule is CCOC(=O)c1ccc(NCCC(=O)Nc2cccc(Cl)c2Cl)cc1. The third kappa shape index (κ3) is 5.66. The summed E-state index contributed by atoms with van der Waals surface area (Å²) in [5, 5.41) is 6.54. The molecule has 2 aromatic rings. The lowest BCUT2D eigenvalue weighted by atomic mass is 10.2. The van der Waals surface area contributed by atoms with Gasteiger partial charge in [0.05, 0.1) is 27.9 Å². The van der Waals surface area contributed by atoms with Gasteiger partial charge in [-0.05, 0) is 43.3 Å². The van der Waals surface area contributed by atoms with Crippen molar-refractivity contribution < 1.29 is 14.3 Å². The molecule has 2 rings (SSSR count). The Labute approximate surface area is 156 Å². The molecule has 0 saturated heterocycles. The van der Waals surface area contributed by atoms with Crippen LogP contribution in [0.3, 0.4) is 0 Å². The molecular weight excluding hydrogens is 363 g/mol. The molecule has 0 heterocycles. The summed E-state index contributed by atoms with van der Waals surface area (Å²) in [6.45, 7) is 2.53. The van der Waals surface area contributed by atoms with Crippen LogP contribution in [0.5, 0.6) is 0 Å². The zero-order chi connectivity index (χ0) is 18.2. The van der Waals surface area contributed by atoms with Gasteiger partial charge < -0.3 is 15.4 Å². The second-order valence-corrected chi connectivity index (χ2v) is 5.91. The second kappa shape index (κ2) is 9.30. The molecule has 0 atom stereocenters. The Balaban J connectivity index is 1.81. The van der Waals surface area contributed by atoms with Crippen LogP contribution in [0.15, 0.2) is 42.5 Å². The Morgan fingerprint density at radius 2 is 1.80 bits per heavy atom. The molecule has 0 aliphatic heterocycles. The number of esters is 1. The molecule has 5 nitrogen and oxygen atoms in total. The minimum atomic E-state index is -0.355. The molecule has 0 aliphatic rings. The largest absolute Gasteiger partial charge is 0.462 e. The number of carbonyl (C=O) groups is 2. The molecule has 0 spiro atoms. The van der Waals surface area contributed by atoms with Crippen molar-refractivity contribution in [1.29, 1.82) is 0 Å². The maximum atomic E-state index is 12.0. The number of carbonyl (C=O) groups excluding carboxylic acids is 2. The molecule has 132 valence electrons. The standard InChI is InChI=1S/C18H18Cl2N2O3/c1-2-25-18(24)12-6-8-13(9-7-12)21-11-10-16(23)22-15-5-3-4-14(19)17(15)20/h3-9,21H,2,10-11H2,1H3,(H,22,23). The third-order valence-electron chi connectivity index (χ3n) is 3.30. The van der Waals surface area contributed by atoms with E-state index < -0.39 is 0 Å². The number of hydrogen-bond donors (Lipinski definition) is 2. The number of hydrogen-bond acceptors (Lipinski definition) is 4. The maximum Gasteiger partial charge on any atom is 0.338 e. The monoisotopic (exact) mass is 380 g/mol. The van der Waals surface area contributed by atoms with Crippen LogP contribution in [0.25, 0.3) is 0 Å². The summed E-state index contributed by atoms with van der Waals surface area (Å²) in [6, 6.07) is 11.9. The Morgan fingerprint density at radius 1 is 1.08 bits per heavy atom. The normalized spacial score (nSPS) is 10.2. The Hall–Kier alpha value is -2.24. The molecule has 0 fully saturated rings. The van der Waals surface area contributed by atoms with E-state index in [4.69, 9.17) is 27.9 Å². The van der Waals surface area contributed by atoms with Gasteiger partial charge in [0, 0.05) is 18.7 Å². The zero-order valence-electron chi connectivity index (χ0n) is 13.6. The number of amides is 1. The number of nitrogens with one attached hydrogen (secondary N) is 2. The quantitative estimate of drug-likeness (QED) is 0.688. The van der Waals surface area contributed by atoms with Crippen LogP contribution >= 0.6 is 23.2 Å². The molecule has 7 heteroatoms. The minimum absolute atomic E-state index is 0.181. The molecule has 2 N–H and O–H groups in total. The highest BCUT2D eigenvalue weighted by Crippen LogP contribution is 2.29. The van der Waals surface area contributed by atoms with Crippen molar-refractivity contribution in [3.05, 3.63) is 58.1 Å². The highest BCUT2D eigenvalue weighted by atomic mass is 35.5. The van der Waals surface area contributed by atoms with Crippen LogP contribution in [0.4, 0.5) is 11.4 Å². The van der Waals surface area contributed by atoms with Crippen LogP contribution in [0, 0.1) is 0 Å². The van der Waals surface area contributed by atoms with Crippen molar-refractivity contribution >= 4 is 46.5 Å². The molecule has 25 heavy (non-hydrogen) atoms. The summed E-state index contributed by atoms with van der Waals surface area (Å²) in [5.41, 5.74) is 1.78. The average molecular weight is 381 g/mol. The van der Waals surface area contributed by atoms with Gasteiger partial charge in [0.25, 0.3) is 0 Å². The molecule has 0 radical (unpaired) electrons. The fraction of sp³-hybridized carbons (Fsp3) is 0.222. The van der Waals surface area contributed by atoms with Crippen LogP contribution in [0.2, 0.25) is 10.0 Å². The Bertz CT molecular complexity index is 748. The van der Waals surface area contributed by atoms with Gasteiger partial charge in [0.15, 0.2) is 0 Å². The Kier molecular flexibility index (Phi) is 7.10. The molecule has 2 aromatic carbocycles. The highest BCUT2D eigenvalue weighted by Gasteiger charge is 2.08. The predicted octanol–water partition coefficient (Wildman–Crippen LogP) is 4.61. The van der Waals surface area contributed by atoms with E-state index in [9.17, 15) is 9.59 Å². The van der Waals surface area contributed by atoms with Gasteiger partial charge in [-0.15, -0.1) is 0 Å². The van der Waals surface area contributed by atoms with Crippen molar-refractivity contribution in [2.45, 2.75) is 13.3 Å². The van der Waals surface area contributed by atoms with Gasteiger partial charge in [-0.25, -0.2) is 4.79 Å². The van der Waals surface area contributed by atoms with Crippen molar-refractivity contribution in [2.24, 2.45) is 0 Å². The average Bonchev–Trinajstić information content (AvgIpc) is 2.60. The van der Waals surface area contributed by atoms with E-state index >= 15 is 0 Å². The van der Waals surface area contributed by atoms with E-state index in [1.54, 1.807) is 49.4 Å². The first-order valence-electron chi connectivity index (χ1n) is 7.76. The summed E-state index contributed by atoms with van der Waals surface area (Å²) in [7, 11) is 0. The predicted molar refractivity (Wildman–Crippen MR) is 101 cm³/mol. The number of ether oxygens (including phenoxy) is 1. The first-order chi connectivity index (χ1) is 12.0. The molecule has 0 saturated carbocycles. The molecule has 0 aliphatic carbocycles. The first-order valence-corrected chi connectivity index (χ1v) is 8.51. The van der Waals surface area contributed by atoms with Gasteiger partial charge in [0.2, 0.25) is 5.91 Å². The lowest BCUT2D eigenvalue weighted by Gasteiger charge is -2.10. The topological polar surface area (TPSA) is 67.4 Å². The van der Waals surface area contributed by atoms with Gasteiger partial charge >= 0.3 is 5.97 Å². The van der Waals surface area contributed by atoms with Crippen LogP contribution in [-0.2, 0) is 9.53 Å². The van der Waals surface area contributed by atoms with E-state index in [0.717, 1.165) is 5.69 Å². The van der Waals surface area contributed by atoms with Crippen LogP contribution in [0.1, 0.15) is 23.7 Å². The van der Waals surface area contributed by atoms with Gasteiger partial charge in [0.1, 0.15) is 0 Å². The number of halogens is 2. The molecule has 0 bridgehead atoms. The van der Waals surface area contributed by atoms with E-state index in [-0.39, 0.29) is 18.3 Å². The summed E-state index contributed by atoms with van der Waals surface area (Å²) < 4.78 is 4.92.